The van der Waals surface area contributed by atoms with Gasteiger partial charge in [0.05, 0.1) is 0 Å². The van der Waals surface area contributed by atoms with E-state index in [9.17, 15) is 0 Å². The van der Waals surface area contributed by atoms with Gasteiger partial charge in [-0.2, -0.15) is 0 Å². The lowest BCUT2D eigenvalue weighted by Crippen LogP contribution is -2.13. The van der Waals surface area contributed by atoms with E-state index in [1.807, 2.05) is 11.7 Å². The second kappa shape index (κ2) is 5.64. The van der Waals surface area contributed by atoms with E-state index in [0.29, 0.717) is 5.82 Å². The maximum Gasteiger partial charge on any atom is 0.249 e. The zero-order chi connectivity index (χ0) is 16.7. The van der Waals surface area contributed by atoms with Crippen LogP contribution in [0.3, 0.4) is 0 Å². The highest BCUT2D eigenvalue weighted by Gasteiger charge is 2.37. The van der Waals surface area contributed by atoms with E-state index in [1.54, 1.807) is 12.4 Å². The van der Waals surface area contributed by atoms with E-state index in [0.717, 1.165) is 5.69 Å². The number of hydrogen-bond acceptors (Lipinski definition) is 3. The number of hydrogen-bond donors (Lipinski definition) is 0. The van der Waals surface area contributed by atoms with E-state index in [4.69, 9.17) is 0 Å². The van der Waals surface area contributed by atoms with Crippen molar-refractivity contribution in [3.8, 4) is 11.1 Å². The molecule has 24 heavy (non-hydrogen) atoms. The van der Waals surface area contributed by atoms with E-state index in [-0.39, 0.29) is 6.04 Å². The molecule has 3 aromatic rings. The van der Waals surface area contributed by atoms with Crippen molar-refractivity contribution in [1.82, 2.24) is 9.97 Å². The van der Waals surface area contributed by atoms with Crippen LogP contribution in [-0.4, -0.2) is 21.7 Å². The Hall–Kier alpha value is -2.88. The van der Waals surface area contributed by atoms with Crippen molar-refractivity contribution in [2.75, 3.05) is 7.05 Å². The minimum absolute atomic E-state index is 0.0117. The van der Waals surface area contributed by atoms with Gasteiger partial charge < -0.3 is 0 Å². The van der Waals surface area contributed by atoms with Crippen LogP contribution in [0.5, 0.6) is 0 Å². The van der Waals surface area contributed by atoms with Crippen molar-refractivity contribution in [1.29, 1.82) is 0 Å². The van der Waals surface area contributed by atoms with Gasteiger partial charge in [0.1, 0.15) is 0 Å². The minimum atomic E-state index is 0.0117. The van der Waals surface area contributed by atoms with Gasteiger partial charge in [-0.25, -0.2) is 9.97 Å². The van der Waals surface area contributed by atoms with Gasteiger partial charge in [-0.3, -0.25) is 0 Å². The number of aryl methyl sites for hydroxylation is 1. The smallest absolute Gasteiger partial charge is 0.248 e. The summed E-state index contributed by atoms with van der Waals surface area (Å²) < 4.78 is 1.95. The van der Waals surface area contributed by atoms with Crippen LogP contribution >= 0.6 is 0 Å². The molecule has 0 saturated carbocycles. The summed E-state index contributed by atoms with van der Waals surface area (Å²) in [6.07, 6.45) is 3.43. The van der Waals surface area contributed by atoms with Gasteiger partial charge >= 0.3 is 0 Å². The second-order valence-corrected chi connectivity index (χ2v) is 6.18. The Morgan fingerprint density at radius 1 is 0.875 bits per heavy atom. The van der Waals surface area contributed by atoms with Crippen LogP contribution in [0.25, 0.3) is 11.1 Å². The van der Waals surface area contributed by atoms with Crippen LogP contribution in [-0.2, 0) is 0 Å². The Morgan fingerprint density at radius 3 is 2.46 bits per heavy atom. The molecule has 118 valence electrons. The highest BCUT2D eigenvalue weighted by Crippen LogP contribution is 2.39. The van der Waals surface area contributed by atoms with Gasteiger partial charge in [0, 0.05) is 23.1 Å². The highest BCUT2D eigenvalue weighted by molar-refractivity contribution is 5.72. The molecule has 1 aliphatic heterocycles. The molecule has 1 atom stereocenters. The van der Waals surface area contributed by atoms with Crippen LogP contribution in [0.15, 0.2) is 60.0 Å². The number of fused-ring (bicyclic) bond motifs is 1. The molecular formula is C20H19N4+. The maximum absolute atomic E-state index is 4.53. The Bertz CT molecular complexity index is 959. The summed E-state index contributed by atoms with van der Waals surface area (Å²) in [5.74, 6) is 0.714. The summed E-state index contributed by atoms with van der Waals surface area (Å²) in [7, 11) is 1.98. The van der Waals surface area contributed by atoms with Crippen LogP contribution in [0.1, 0.15) is 28.4 Å². The van der Waals surface area contributed by atoms with E-state index in [2.05, 4.69) is 71.4 Å². The van der Waals surface area contributed by atoms with Crippen molar-refractivity contribution in [3.05, 3.63) is 77.2 Å². The third-order valence-corrected chi connectivity index (χ3v) is 4.70. The molecule has 1 aromatic heterocycles. The first kappa shape index (κ1) is 14.7. The second-order valence-electron chi connectivity index (χ2n) is 6.18. The fourth-order valence-electron chi connectivity index (χ4n) is 3.46. The van der Waals surface area contributed by atoms with Gasteiger partial charge in [-0.1, -0.05) is 42.5 Å². The topological polar surface area (TPSA) is 41.1 Å². The zero-order valence-corrected chi connectivity index (χ0v) is 14.1. The number of benzene rings is 2. The molecule has 2 heterocycles. The fraction of sp³-hybridized carbons (Fsp3) is 0.200. The average molecular weight is 315 g/mol. The third kappa shape index (κ3) is 2.22. The Kier molecular flexibility index (Phi) is 3.45. The molecule has 1 aliphatic rings. The minimum Gasteiger partial charge on any atom is -0.248 e. The molecule has 4 heteroatoms. The van der Waals surface area contributed by atoms with E-state index >= 15 is 0 Å². The van der Waals surface area contributed by atoms with Gasteiger partial charge in [0.15, 0.2) is 12.7 Å². The highest BCUT2D eigenvalue weighted by atomic mass is 15.3. The lowest BCUT2D eigenvalue weighted by molar-refractivity contribution is -0.588. The predicted molar refractivity (Wildman–Crippen MR) is 93.5 cm³/mol. The summed E-state index contributed by atoms with van der Waals surface area (Å²) in [5, 5.41) is 4.53. The summed E-state index contributed by atoms with van der Waals surface area (Å²) in [6.45, 7) is 4.33. The molecule has 0 radical (unpaired) electrons. The molecule has 0 bridgehead atoms. The van der Waals surface area contributed by atoms with Crippen LogP contribution in [0, 0.1) is 13.8 Å². The Morgan fingerprint density at radius 2 is 1.62 bits per heavy atom. The van der Waals surface area contributed by atoms with Crippen molar-refractivity contribution >= 4 is 5.82 Å². The lowest BCUT2D eigenvalue weighted by atomic mass is 9.90. The molecule has 4 rings (SSSR count). The Balaban J connectivity index is 1.89. The van der Waals surface area contributed by atoms with Crippen molar-refractivity contribution in [3.63, 3.8) is 0 Å². The van der Waals surface area contributed by atoms with Gasteiger partial charge in [0.2, 0.25) is 11.9 Å². The molecule has 0 fully saturated rings. The van der Waals surface area contributed by atoms with Crippen molar-refractivity contribution < 1.29 is 4.70 Å². The monoisotopic (exact) mass is 315 g/mol. The summed E-state index contributed by atoms with van der Waals surface area (Å²) >= 11 is 0. The molecule has 0 aliphatic carbocycles. The third-order valence-electron chi connectivity index (χ3n) is 4.70. The van der Waals surface area contributed by atoms with Gasteiger partial charge in [-0.05, 0) is 36.1 Å². The normalized spacial score (nSPS) is 16.0. The number of rotatable bonds is 2. The lowest BCUT2D eigenvalue weighted by Gasteiger charge is -2.15. The van der Waals surface area contributed by atoms with Crippen molar-refractivity contribution in [2.24, 2.45) is 5.11 Å². The van der Waals surface area contributed by atoms with Crippen LogP contribution in [0.2, 0.25) is 0 Å². The quantitative estimate of drug-likeness (QED) is 0.649. The summed E-state index contributed by atoms with van der Waals surface area (Å²) in [4.78, 5) is 8.87. The first-order valence-electron chi connectivity index (χ1n) is 8.07. The fourth-order valence-corrected chi connectivity index (χ4v) is 3.46. The van der Waals surface area contributed by atoms with Gasteiger partial charge in [-0.15, -0.1) is 4.70 Å². The molecule has 2 aromatic carbocycles. The summed E-state index contributed by atoms with van der Waals surface area (Å²) in [6, 6.07) is 15.0. The first-order valence-corrected chi connectivity index (χ1v) is 8.07. The molecular weight excluding hydrogens is 296 g/mol. The zero-order valence-electron chi connectivity index (χ0n) is 14.1. The number of nitrogens with zero attached hydrogens (tertiary/aromatic N) is 4. The molecule has 1 unspecified atom stereocenters. The molecule has 0 saturated heterocycles. The SMILES string of the molecule is Cc1ccccc1-c1cccc(C2c3nccnc3N=[N+]2C)c1C. The molecule has 0 amide bonds. The predicted octanol–water partition coefficient (Wildman–Crippen LogP) is 4.59. The standard InChI is InChI=1S/C20H19N4/c1-13-7-4-5-8-15(13)16-9-6-10-17(14(16)2)19-18-20(23-24(19)3)22-12-11-21-18/h4-12,19H,1-3H3/q+1. The van der Waals surface area contributed by atoms with Crippen LogP contribution < -0.4 is 0 Å². The molecule has 0 N–H and O–H groups in total. The van der Waals surface area contributed by atoms with E-state index in [1.165, 1.54) is 27.8 Å². The maximum atomic E-state index is 4.53. The first-order chi connectivity index (χ1) is 11.7. The Labute approximate surface area is 141 Å². The molecule has 0 spiro atoms. The summed E-state index contributed by atoms with van der Waals surface area (Å²) in [5.41, 5.74) is 7.22. The molecule has 4 nitrogen and oxygen atoms in total. The number of azo groups is 2. The average Bonchev–Trinajstić information content (AvgIpc) is 2.92. The number of aromatic nitrogens is 2. The largest absolute Gasteiger partial charge is 0.249 e. The van der Waals surface area contributed by atoms with Gasteiger partial charge in [0.25, 0.3) is 0 Å². The van der Waals surface area contributed by atoms with E-state index < -0.39 is 0 Å². The van der Waals surface area contributed by atoms with Crippen LogP contribution in [0.4, 0.5) is 5.82 Å². The van der Waals surface area contributed by atoms with Crippen molar-refractivity contribution in [2.45, 2.75) is 19.9 Å².